The molecule has 0 aliphatic heterocycles. The van der Waals surface area contributed by atoms with Gasteiger partial charge < -0.3 is 14.7 Å². The third-order valence-electron chi connectivity index (χ3n) is 2.89. The molecule has 6 nitrogen and oxygen atoms in total. The van der Waals surface area contributed by atoms with Crippen molar-refractivity contribution in [3.8, 4) is 17.1 Å². The molecule has 114 valence electrons. The summed E-state index contributed by atoms with van der Waals surface area (Å²) in [6.45, 7) is 3.62. The maximum atomic E-state index is 12.0. The first-order chi connectivity index (χ1) is 10.5. The fraction of sp³-hybridized carbons (Fsp3) is 0.188. The molecular weight excluding hydrogens is 282 g/mol. The van der Waals surface area contributed by atoms with E-state index in [4.69, 9.17) is 4.74 Å². The van der Waals surface area contributed by atoms with E-state index in [2.05, 4.69) is 16.5 Å². The van der Waals surface area contributed by atoms with Crippen molar-refractivity contribution in [3.05, 3.63) is 48.7 Å². The minimum Gasteiger partial charge on any atom is -0.507 e. The molecule has 0 bridgehead atoms. The highest BCUT2D eigenvalue weighted by atomic mass is 16.5. The van der Waals surface area contributed by atoms with Crippen LogP contribution in [0, 0.1) is 0 Å². The van der Waals surface area contributed by atoms with Crippen LogP contribution in [-0.4, -0.2) is 41.7 Å². The molecule has 6 heteroatoms. The molecule has 1 aromatic heterocycles. The lowest BCUT2D eigenvalue weighted by Crippen LogP contribution is -2.18. The number of aromatic nitrogens is 2. The summed E-state index contributed by atoms with van der Waals surface area (Å²) in [6, 6.07) is 6.76. The largest absolute Gasteiger partial charge is 0.507 e. The minimum absolute atomic E-state index is 0.0780. The Bertz CT molecular complexity index is 699. The molecule has 1 aromatic carbocycles. The van der Waals surface area contributed by atoms with Crippen molar-refractivity contribution in [2.75, 3.05) is 25.6 Å². The standard InChI is InChI=1S/C16H17N3O3/c1-4-9-22-16(21)12-10-17-14(18-15(12)19(2)3)11-7-5-6-8-13(11)20/h4-8,10,20H,1,9H2,2-3H3. The zero-order chi connectivity index (χ0) is 16.1. The Morgan fingerprint density at radius 1 is 1.41 bits per heavy atom. The van der Waals surface area contributed by atoms with Crippen LogP contribution in [0.5, 0.6) is 5.75 Å². The smallest absolute Gasteiger partial charge is 0.343 e. The molecule has 2 rings (SSSR count). The van der Waals surface area contributed by atoms with Crippen LogP contribution in [-0.2, 0) is 4.74 Å². The van der Waals surface area contributed by atoms with Gasteiger partial charge in [0.1, 0.15) is 23.7 Å². The molecule has 0 radical (unpaired) electrons. The number of hydrogen-bond acceptors (Lipinski definition) is 6. The highest BCUT2D eigenvalue weighted by Crippen LogP contribution is 2.28. The number of rotatable bonds is 5. The lowest BCUT2D eigenvalue weighted by molar-refractivity contribution is 0.0549. The second kappa shape index (κ2) is 6.71. The Hall–Kier alpha value is -2.89. The summed E-state index contributed by atoms with van der Waals surface area (Å²) in [5.74, 6) is 0.311. The molecule has 2 aromatic rings. The Balaban J connectivity index is 2.46. The van der Waals surface area contributed by atoms with Crippen LogP contribution < -0.4 is 4.90 Å². The van der Waals surface area contributed by atoms with Gasteiger partial charge in [-0.25, -0.2) is 14.8 Å². The fourth-order valence-corrected chi connectivity index (χ4v) is 1.86. The maximum Gasteiger partial charge on any atom is 0.343 e. The monoisotopic (exact) mass is 299 g/mol. The van der Waals surface area contributed by atoms with E-state index < -0.39 is 5.97 Å². The van der Waals surface area contributed by atoms with E-state index in [0.29, 0.717) is 17.2 Å². The molecule has 0 aliphatic rings. The van der Waals surface area contributed by atoms with Gasteiger partial charge in [-0.05, 0) is 12.1 Å². The Labute approximate surface area is 128 Å². The number of aromatic hydroxyl groups is 1. The first-order valence-corrected chi connectivity index (χ1v) is 6.65. The van der Waals surface area contributed by atoms with E-state index in [1.807, 2.05) is 0 Å². The molecule has 0 aliphatic carbocycles. The molecule has 0 saturated carbocycles. The van der Waals surface area contributed by atoms with Crippen molar-refractivity contribution in [1.82, 2.24) is 9.97 Å². The van der Waals surface area contributed by atoms with Gasteiger partial charge in [-0.15, -0.1) is 0 Å². The summed E-state index contributed by atoms with van der Waals surface area (Å²) in [7, 11) is 3.53. The van der Waals surface area contributed by atoms with E-state index in [1.165, 1.54) is 12.3 Å². The van der Waals surface area contributed by atoms with Crippen LogP contribution in [0.15, 0.2) is 43.1 Å². The number of benzene rings is 1. The van der Waals surface area contributed by atoms with Crippen molar-refractivity contribution < 1.29 is 14.6 Å². The molecule has 1 heterocycles. The van der Waals surface area contributed by atoms with Crippen molar-refractivity contribution in [1.29, 1.82) is 0 Å². The number of phenols is 1. The van der Waals surface area contributed by atoms with Gasteiger partial charge in [0.05, 0.1) is 5.56 Å². The summed E-state index contributed by atoms with van der Waals surface area (Å²) in [6.07, 6.45) is 2.89. The summed E-state index contributed by atoms with van der Waals surface area (Å²) in [5, 5.41) is 9.89. The quantitative estimate of drug-likeness (QED) is 0.674. The average Bonchev–Trinajstić information content (AvgIpc) is 2.52. The van der Waals surface area contributed by atoms with Crippen LogP contribution in [0.3, 0.4) is 0 Å². The Morgan fingerprint density at radius 2 is 2.14 bits per heavy atom. The van der Waals surface area contributed by atoms with E-state index in [9.17, 15) is 9.90 Å². The van der Waals surface area contributed by atoms with Gasteiger partial charge in [-0.3, -0.25) is 0 Å². The molecule has 1 N–H and O–H groups in total. The van der Waals surface area contributed by atoms with E-state index in [-0.39, 0.29) is 17.9 Å². The highest BCUT2D eigenvalue weighted by molar-refractivity contribution is 5.94. The van der Waals surface area contributed by atoms with Crippen LogP contribution in [0.4, 0.5) is 5.82 Å². The van der Waals surface area contributed by atoms with Crippen LogP contribution in [0.25, 0.3) is 11.4 Å². The van der Waals surface area contributed by atoms with Gasteiger partial charge in [0.2, 0.25) is 0 Å². The fourth-order valence-electron chi connectivity index (χ4n) is 1.86. The second-order valence-corrected chi connectivity index (χ2v) is 4.73. The molecule has 22 heavy (non-hydrogen) atoms. The number of anilines is 1. The number of carbonyl (C=O) groups is 1. The summed E-state index contributed by atoms with van der Waals surface area (Å²) < 4.78 is 5.02. The van der Waals surface area contributed by atoms with E-state index >= 15 is 0 Å². The normalized spacial score (nSPS) is 10.1. The predicted molar refractivity (Wildman–Crippen MR) is 83.9 cm³/mol. The number of carbonyl (C=O) groups excluding carboxylic acids is 1. The Morgan fingerprint density at radius 3 is 2.77 bits per heavy atom. The topological polar surface area (TPSA) is 75.5 Å². The third-order valence-corrected chi connectivity index (χ3v) is 2.89. The number of hydrogen-bond donors (Lipinski definition) is 1. The van der Waals surface area contributed by atoms with Gasteiger partial charge in [0.25, 0.3) is 0 Å². The summed E-state index contributed by atoms with van der Waals surface area (Å²) in [5.41, 5.74) is 0.752. The average molecular weight is 299 g/mol. The first kappa shape index (κ1) is 15.5. The van der Waals surface area contributed by atoms with E-state index in [1.54, 1.807) is 43.3 Å². The van der Waals surface area contributed by atoms with Gasteiger partial charge >= 0.3 is 5.97 Å². The van der Waals surface area contributed by atoms with Gasteiger partial charge in [0.15, 0.2) is 5.82 Å². The molecule has 0 atom stereocenters. The summed E-state index contributed by atoms with van der Waals surface area (Å²) >= 11 is 0. The van der Waals surface area contributed by atoms with Gasteiger partial charge in [0, 0.05) is 20.3 Å². The molecule has 0 fully saturated rings. The van der Waals surface area contributed by atoms with Crippen LogP contribution in [0.1, 0.15) is 10.4 Å². The lowest BCUT2D eigenvalue weighted by Gasteiger charge is -2.16. The molecule has 0 saturated heterocycles. The van der Waals surface area contributed by atoms with Gasteiger partial charge in [-0.2, -0.15) is 0 Å². The third kappa shape index (κ3) is 3.22. The van der Waals surface area contributed by atoms with Crippen molar-refractivity contribution >= 4 is 11.8 Å². The van der Waals surface area contributed by atoms with Crippen molar-refractivity contribution in [2.24, 2.45) is 0 Å². The summed E-state index contributed by atoms with van der Waals surface area (Å²) in [4.78, 5) is 22.2. The molecule has 0 amide bonds. The predicted octanol–water partition coefficient (Wildman–Crippen LogP) is 2.26. The zero-order valence-electron chi connectivity index (χ0n) is 12.5. The van der Waals surface area contributed by atoms with E-state index in [0.717, 1.165) is 0 Å². The first-order valence-electron chi connectivity index (χ1n) is 6.65. The SMILES string of the molecule is C=CCOC(=O)c1cnc(-c2ccccc2O)nc1N(C)C. The second-order valence-electron chi connectivity index (χ2n) is 4.73. The number of phenolic OH excluding ortho intramolecular Hbond substituents is 1. The van der Waals surface area contributed by atoms with Gasteiger partial charge in [-0.1, -0.05) is 24.8 Å². The minimum atomic E-state index is -0.521. The number of para-hydroxylation sites is 1. The number of nitrogens with zero attached hydrogens (tertiary/aromatic N) is 3. The van der Waals surface area contributed by atoms with Crippen molar-refractivity contribution in [2.45, 2.75) is 0 Å². The van der Waals surface area contributed by atoms with Crippen LogP contribution >= 0.6 is 0 Å². The highest BCUT2D eigenvalue weighted by Gasteiger charge is 2.18. The zero-order valence-corrected chi connectivity index (χ0v) is 12.5. The molecular formula is C16H17N3O3. The Kier molecular flexibility index (Phi) is 4.73. The number of esters is 1. The molecule has 0 unspecified atom stereocenters. The van der Waals surface area contributed by atoms with Crippen molar-refractivity contribution in [3.63, 3.8) is 0 Å². The number of ether oxygens (including phenoxy) is 1. The van der Waals surface area contributed by atoms with Crippen LogP contribution in [0.2, 0.25) is 0 Å². The molecule has 0 spiro atoms. The lowest BCUT2D eigenvalue weighted by atomic mass is 10.2. The maximum absolute atomic E-state index is 12.0.